The summed E-state index contributed by atoms with van der Waals surface area (Å²) in [6, 6.07) is 26.0. The van der Waals surface area contributed by atoms with Gasteiger partial charge < -0.3 is 10.6 Å². The Morgan fingerprint density at radius 2 is 1.31 bits per heavy atom. The fourth-order valence-corrected chi connectivity index (χ4v) is 3.53. The van der Waals surface area contributed by atoms with E-state index in [9.17, 15) is 19.6 Å². The van der Waals surface area contributed by atoms with Crippen LogP contribution in [-0.4, -0.2) is 22.9 Å². The molecule has 0 bridgehead atoms. The van der Waals surface area contributed by atoms with Crippen molar-refractivity contribution in [2.24, 2.45) is 0 Å². The van der Waals surface area contributed by atoms with E-state index < -0.39 is 17.7 Å². The predicted molar refractivity (Wildman–Crippen MR) is 140 cm³/mol. The van der Waals surface area contributed by atoms with Crippen molar-refractivity contribution in [3.8, 4) is 0 Å². The van der Waals surface area contributed by atoms with Gasteiger partial charge in [-0.1, -0.05) is 47.5 Å². The van der Waals surface area contributed by atoms with Gasteiger partial charge >= 0.3 is 0 Å². The summed E-state index contributed by atoms with van der Waals surface area (Å²) >= 11 is 5.91. The van der Waals surface area contributed by atoms with Crippen LogP contribution in [0.15, 0.2) is 97.1 Å². The van der Waals surface area contributed by atoms with Gasteiger partial charge in [0.15, 0.2) is 0 Å². The molecule has 36 heavy (non-hydrogen) atoms. The second kappa shape index (κ2) is 10.9. The number of rotatable bonds is 6. The summed E-state index contributed by atoms with van der Waals surface area (Å²) in [6.45, 7) is 1.91. The molecule has 0 unspecified atom stereocenters. The Bertz CT molecular complexity index is 1410. The van der Waals surface area contributed by atoms with Gasteiger partial charge in [0, 0.05) is 33.1 Å². The van der Waals surface area contributed by atoms with Crippen molar-refractivity contribution in [2.45, 2.75) is 6.92 Å². The Hall–Kier alpha value is -4.46. The highest BCUT2D eigenvalue weighted by molar-refractivity contribution is 6.30. The van der Waals surface area contributed by atoms with Crippen LogP contribution in [0.4, 0.5) is 17.1 Å². The standard InChI is InChI=1S/C28H22ClN3O4/c1-18-7-9-19(10-8-18)26(33)31-24-15-21(27(34)30-23-13-11-22(29)12-14-23)16-25(17-24)32(36)28(35)20-5-3-2-4-6-20/h2-17,36H,1H3,(H,30,34)(H,31,33). The van der Waals surface area contributed by atoms with Gasteiger partial charge in [0.25, 0.3) is 17.7 Å². The van der Waals surface area contributed by atoms with Crippen LogP contribution in [0.1, 0.15) is 36.6 Å². The molecule has 0 aliphatic heterocycles. The Balaban J connectivity index is 1.66. The van der Waals surface area contributed by atoms with Crippen molar-refractivity contribution in [1.29, 1.82) is 0 Å². The third-order valence-corrected chi connectivity index (χ3v) is 5.56. The molecule has 0 heterocycles. The van der Waals surface area contributed by atoms with Crippen LogP contribution in [0.5, 0.6) is 0 Å². The maximum atomic E-state index is 13.0. The molecule has 8 heteroatoms. The van der Waals surface area contributed by atoms with Gasteiger partial charge in [-0.3, -0.25) is 19.6 Å². The van der Waals surface area contributed by atoms with E-state index in [0.717, 1.165) is 5.56 Å². The van der Waals surface area contributed by atoms with Crippen molar-refractivity contribution < 1.29 is 19.6 Å². The normalized spacial score (nSPS) is 10.4. The van der Waals surface area contributed by atoms with E-state index in [0.29, 0.717) is 21.3 Å². The number of halogens is 1. The van der Waals surface area contributed by atoms with Crippen LogP contribution in [-0.2, 0) is 0 Å². The van der Waals surface area contributed by atoms with E-state index in [4.69, 9.17) is 11.6 Å². The minimum absolute atomic E-state index is 0.00631. The van der Waals surface area contributed by atoms with Crippen LogP contribution in [0.25, 0.3) is 0 Å². The lowest BCUT2D eigenvalue weighted by Gasteiger charge is -2.18. The monoisotopic (exact) mass is 499 g/mol. The first kappa shape index (κ1) is 24.7. The molecule has 0 saturated carbocycles. The van der Waals surface area contributed by atoms with Crippen molar-refractivity contribution in [3.05, 3.63) is 124 Å². The Morgan fingerprint density at radius 1 is 0.694 bits per heavy atom. The highest BCUT2D eigenvalue weighted by atomic mass is 35.5. The average Bonchev–Trinajstić information content (AvgIpc) is 2.89. The number of carbonyl (C=O) groups excluding carboxylic acids is 3. The van der Waals surface area contributed by atoms with E-state index in [1.807, 2.05) is 19.1 Å². The number of amides is 3. The van der Waals surface area contributed by atoms with E-state index in [1.54, 1.807) is 66.7 Å². The number of hydrogen-bond acceptors (Lipinski definition) is 4. The zero-order valence-corrected chi connectivity index (χ0v) is 20.0. The minimum atomic E-state index is -0.693. The van der Waals surface area contributed by atoms with E-state index in [-0.39, 0.29) is 22.5 Å². The molecular formula is C28H22ClN3O4. The first-order valence-corrected chi connectivity index (χ1v) is 11.4. The zero-order chi connectivity index (χ0) is 25.7. The van der Waals surface area contributed by atoms with Crippen molar-refractivity contribution in [3.63, 3.8) is 0 Å². The van der Waals surface area contributed by atoms with Crippen LogP contribution in [0, 0.1) is 6.92 Å². The maximum Gasteiger partial charge on any atom is 0.281 e. The minimum Gasteiger partial charge on any atom is -0.322 e. The lowest BCUT2D eigenvalue weighted by atomic mass is 10.1. The molecule has 3 amide bonds. The summed E-state index contributed by atoms with van der Waals surface area (Å²) in [5, 5.41) is 17.1. The fourth-order valence-electron chi connectivity index (χ4n) is 3.40. The molecule has 3 N–H and O–H groups in total. The van der Waals surface area contributed by atoms with Gasteiger partial charge in [0.05, 0.1) is 5.69 Å². The van der Waals surface area contributed by atoms with Gasteiger partial charge in [0.1, 0.15) is 0 Å². The quantitative estimate of drug-likeness (QED) is 0.217. The lowest BCUT2D eigenvalue weighted by Crippen LogP contribution is -2.27. The summed E-state index contributed by atoms with van der Waals surface area (Å²) in [4.78, 5) is 38.6. The van der Waals surface area contributed by atoms with Crippen molar-refractivity contribution >= 4 is 46.4 Å². The van der Waals surface area contributed by atoms with Gasteiger partial charge in [-0.2, -0.15) is 5.06 Å². The molecule has 180 valence electrons. The number of anilines is 3. The van der Waals surface area contributed by atoms with Crippen molar-refractivity contribution in [1.82, 2.24) is 0 Å². The molecule has 4 aromatic rings. The summed E-state index contributed by atoms with van der Waals surface area (Å²) in [5.41, 5.74) is 2.51. The van der Waals surface area contributed by atoms with Crippen molar-refractivity contribution in [2.75, 3.05) is 15.7 Å². The Morgan fingerprint density at radius 3 is 1.97 bits per heavy atom. The van der Waals surface area contributed by atoms with Crippen LogP contribution in [0.2, 0.25) is 5.02 Å². The predicted octanol–water partition coefficient (Wildman–Crippen LogP) is 6.19. The summed E-state index contributed by atoms with van der Waals surface area (Å²) in [6.07, 6.45) is 0. The number of nitrogens with one attached hydrogen (secondary N) is 2. The number of benzene rings is 4. The van der Waals surface area contributed by atoms with Crippen LogP contribution < -0.4 is 15.7 Å². The topological polar surface area (TPSA) is 98.7 Å². The van der Waals surface area contributed by atoms with Gasteiger partial charge in [0.2, 0.25) is 0 Å². The first-order valence-electron chi connectivity index (χ1n) is 11.0. The molecule has 0 aliphatic rings. The summed E-state index contributed by atoms with van der Waals surface area (Å²) in [7, 11) is 0. The molecule has 7 nitrogen and oxygen atoms in total. The fraction of sp³-hybridized carbons (Fsp3) is 0.0357. The summed E-state index contributed by atoms with van der Waals surface area (Å²) < 4.78 is 0. The second-order valence-corrected chi connectivity index (χ2v) is 8.47. The Kier molecular flexibility index (Phi) is 7.44. The lowest BCUT2D eigenvalue weighted by molar-refractivity contribution is 0.0854. The molecule has 0 saturated heterocycles. The maximum absolute atomic E-state index is 13.0. The second-order valence-electron chi connectivity index (χ2n) is 8.03. The molecule has 4 rings (SSSR count). The van der Waals surface area contributed by atoms with E-state index in [2.05, 4.69) is 10.6 Å². The largest absolute Gasteiger partial charge is 0.322 e. The van der Waals surface area contributed by atoms with E-state index >= 15 is 0 Å². The molecular weight excluding hydrogens is 478 g/mol. The third kappa shape index (κ3) is 5.96. The number of aryl methyl sites for hydroxylation is 1. The third-order valence-electron chi connectivity index (χ3n) is 5.31. The molecule has 0 aromatic heterocycles. The van der Waals surface area contributed by atoms with Gasteiger partial charge in [-0.05, 0) is 73.7 Å². The highest BCUT2D eigenvalue weighted by Gasteiger charge is 2.19. The van der Waals surface area contributed by atoms with Crippen LogP contribution in [0.3, 0.4) is 0 Å². The van der Waals surface area contributed by atoms with Crippen LogP contribution >= 0.6 is 11.6 Å². The number of nitrogens with zero attached hydrogens (tertiary/aromatic N) is 1. The smallest absolute Gasteiger partial charge is 0.281 e. The molecule has 0 radical (unpaired) electrons. The first-order chi connectivity index (χ1) is 17.3. The number of hydrogen-bond donors (Lipinski definition) is 3. The zero-order valence-electron chi connectivity index (χ0n) is 19.2. The summed E-state index contributed by atoms with van der Waals surface area (Å²) in [5.74, 6) is -1.61. The molecule has 4 aromatic carbocycles. The molecule has 0 fully saturated rings. The average molecular weight is 500 g/mol. The molecule has 0 aliphatic carbocycles. The van der Waals surface area contributed by atoms with E-state index in [1.165, 1.54) is 18.2 Å². The number of hydroxylamine groups is 1. The van der Waals surface area contributed by atoms with Gasteiger partial charge in [-0.25, -0.2) is 0 Å². The Labute approximate surface area is 212 Å². The molecule has 0 atom stereocenters. The number of carbonyl (C=O) groups is 3. The van der Waals surface area contributed by atoms with Gasteiger partial charge in [-0.15, -0.1) is 0 Å². The molecule has 0 spiro atoms. The SMILES string of the molecule is Cc1ccc(C(=O)Nc2cc(C(=O)Nc3ccc(Cl)cc3)cc(N(O)C(=O)c3ccccc3)c2)cc1. The highest BCUT2D eigenvalue weighted by Crippen LogP contribution is 2.25.